The molecule has 176 valence electrons. The van der Waals surface area contributed by atoms with Crippen molar-refractivity contribution in [2.45, 2.75) is 24.7 Å². The minimum absolute atomic E-state index is 0.103. The molecule has 3 atom stereocenters. The third kappa shape index (κ3) is 3.93. The highest BCUT2D eigenvalue weighted by Crippen LogP contribution is 2.45. The fourth-order valence-electron chi connectivity index (χ4n) is 4.50. The molecule has 0 saturated carbocycles. The summed E-state index contributed by atoms with van der Waals surface area (Å²) in [6.45, 7) is 0. The van der Waals surface area contributed by atoms with Gasteiger partial charge in [-0.2, -0.15) is 5.01 Å². The smallest absolute Gasteiger partial charge is 0.433 e. The van der Waals surface area contributed by atoms with Gasteiger partial charge in [0, 0.05) is 0 Å². The normalized spacial score (nSPS) is 22.3. The van der Waals surface area contributed by atoms with Crippen LogP contribution in [-0.4, -0.2) is 30.3 Å². The zero-order chi connectivity index (χ0) is 23.8. The summed E-state index contributed by atoms with van der Waals surface area (Å²) in [5.41, 5.74) is 6.57. The molecule has 3 heterocycles. The molecule has 0 bridgehead atoms. The molecule has 3 aromatic rings. The van der Waals surface area contributed by atoms with E-state index in [0.717, 1.165) is 21.3 Å². The van der Waals surface area contributed by atoms with E-state index in [1.165, 1.54) is 6.07 Å². The maximum absolute atomic E-state index is 11.2. The van der Waals surface area contributed by atoms with Gasteiger partial charge in [-0.25, -0.2) is 0 Å². The Labute approximate surface area is 204 Å². The van der Waals surface area contributed by atoms with Gasteiger partial charge in [-0.15, -0.1) is 0 Å². The van der Waals surface area contributed by atoms with E-state index in [-0.39, 0.29) is 24.1 Å². The first kappa shape index (κ1) is 22.5. The van der Waals surface area contributed by atoms with Gasteiger partial charge in [-0.05, 0) is 35.7 Å². The Balaban J connectivity index is 1.55. The first-order chi connectivity index (χ1) is 16.5. The number of furan rings is 1. The van der Waals surface area contributed by atoms with Crippen LogP contribution in [0.1, 0.15) is 35.4 Å². The van der Waals surface area contributed by atoms with E-state index >= 15 is 0 Å². The van der Waals surface area contributed by atoms with Crippen LogP contribution in [0.15, 0.2) is 69.6 Å². The van der Waals surface area contributed by atoms with E-state index in [1.54, 1.807) is 20.3 Å². The summed E-state index contributed by atoms with van der Waals surface area (Å²) in [5, 5.41) is 16.9. The quantitative estimate of drug-likeness (QED) is 0.345. The number of ether oxygens (including phenoxy) is 2. The average molecular weight is 527 g/mol. The summed E-state index contributed by atoms with van der Waals surface area (Å²) >= 11 is 3.79. The van der Waals surface area contributed by atoms with Crippen LogP contribution in [0.2, 0.25) is 0 Å². The number of halogens is 1. The summed E-state index contributed by atoms with van der Waals surface area (Å²) in [6, 6.07) is 18.6. The molecule has 0 amide bonds. The Morgan fingerprint density at radius 1 is 1.09 bits per heavy atom. The molecule has 0 radical (unpaired) electrons. The zero-order valence-electron chi connectivity index (χ0n) is 18.5. The molecule has 34 heavy (non-hydrogen) atoms. The molecule has 1 aromatic heterocycles. The molecule has 3 unspecified atom stereocenters. The van der Waals surface area contributed by atoms with E-state index in [9.17, 15) is 10.1 Å². The van der Waals surface area contributed by atoms with Crippen LogP contribution < -0.4 is 20.2 Å². The Kier molecular flexibility index (Phi) is 6.03. The zero-order valence-corrected chi connectivity index (χ0v) is 20.1. The maximum atomic E-state index is 11.2. The second-order valence-electron chi connectivity index (χ2n) is 8.03. The van der Waals surface area contributed by atoms with E-state index in [4.69, 9.17) is 13.9 Å². The molecule has 2 N–H and O–H groups in total. The van der Waals surface area contributed by atoms with Gasteiger partial charge in [0.25, 0.3) is 0 Å². The van der Waals surface area contributed by atoms with Crippen molar-refractivity contribution in [3.63, 3.8) is 0 Å². The van der Waals surface area contributed by atoms with Gasteiger partial charge < -0.3 is 19.3 Å². The molecule has 2 aliphatic heterocycles. The topological polar surface area (TPSA) is 102 Å². The molecular formula is C24H23BrN4O5. The number of nitro groups is 1. The number of methoxy groups -OCH3 is 2. The summed E-state index contributed by atoms with van der Waals surface area (Å²) in [5.74, 6) is 1.53. The maximum Gasteiger partial charge on any atom is 0.433 e. The minimum atomic E-state index is -0.523. The molecule has 2 aromatic carbocycles. The van der Waals surface area contributed by atoms with E-state index in [0.29, 0.717) is 23.7 Å². The van der Waals surface area contributed by atoms with Crippen LogP contribution in [0.4, 0.5) is 5.88 Å². The predicted octanol–water partition coefficient (Wildman–Crippen LogP) is 4.89. The van der Waals surface area contributed by atoms with Gasteiger partial charge in [0.15, 0.2) is 11.5 Å². The molecular weight excluding hydrogens is 504 g/mol. The van der Waals surface area contributed by atoms with Crippen LogP contribution in [-0.2, 0) is 0 Å². The number of nitrogens with zero attached hydrogens (tertiary/aromatic N) is 2. The van der Waals surface area contributed by atoms with E-state index < -0.39 is 4.92 Å². The van der Waals surface area contributed by atoms with Gasteiger partial charge >= 0.3 is 5.88 Å². The Morgan fingerprint density at radius 3 is 2.53 bits per heavy atom. The summed E-state index contributed by atoms with van der Waals surface area (Å²) in [7, 11) is 3.21. The molecule has 9 nitrogen and oxygen atoms in total. The lowest BCUT2D eigenvalue weighted by atomic mass is 9.94. The third-order valence-electron chi connectivity index (χ3n) is 6.14. The lowest BCUT2D eigenvalue weighted by Crippen LogP contribution is -2.54. The molecule has 2 aliphatic rings. The van der Waals surface area contributed by atoms with Gasteiger partial charge in [0.05, 0.1) is 42.5 Å². The number of hydrazine groups is 1. The lowest BCUT2D eigenvalue weighted by molar-refractivity contribution is -0.402. The SMILES string of the molecule is COc1ccc(C2CC(c3ccc([N+](=O)[O-])o3)NC3C(Br)=C(c4ccccc4)NN32)cc1OC. The van der Waals surface area contributed by atoms with Crippen LogP contribution in [0.5, 0.6) is 11.5 Å². The van der Waals surface area contributed by atoms with Crippen molar-refractivity contribution in [1.82, 2.24) is 15.8 Å². The highest BCUT2D eigenvalue weighted by molar-refractivity contribution is 9.11. The molecule has 1 saturated heterocycles. The second kappa shape index (κ2) is 9.13. The fraction of sp³-hybridized carbons (Fsp3) is 0.250. The number of hydrogen-bond acceptors (Lipinski definition) is 8. The van der Waals surface area contributed by atoms with Gasteiger partial charge in [0.1, 0.15) is 16.8 Å². The van der Waals surface area contributed by atoms with Crippen LogP contribution in [0, 0.1) is 10.1 Å². The van der Waals surface area contributed by atoms with Gasteiger partial charge in [-0.3, -0.25) is 15.4 Å². The number of benzene rings is 2. The Morgan fingerprint density at radius 2 is 1.85 bits per heavy atom. The highest BCUT2D eigenvalue weighted by Gasteiger charge is 2.44. The third-order valence-corrected chi connectivity index (χ3v) is 6.97. The molecule has 1 fully saturated rings. The number of fused-ring (bicyclic) bond motifs is 1. The van der Waals surface area contributed by atoms with Crippen LogP contribution >= 0.6 is 15.9 Å². The fourth-order valence-corrected chi connectivity index (χ4v) is 5.17. The number of hydrogen-bond donors (Lipinski definition) is 2. The standard InChI is InChI=1S/C24H23BrN4O5/c1-32-19-9-8-15(12-20(19)33-2)17-13-16(18-10-11-21(34-18)29(30)31)26-24-22(25)23(27-28(17)24)14-6-4-3-5-7-14/h3-12,16-17,24,26-27H,13H2,1-2H3. The predicted molar refractivity (Wildman–Crippen MR) is 129 cm³/mol. The number of nitrogens with one attached hydrogen (secondary N) is 2. The van der Waals surface area contributed by atoms with Gasteiger partial charge in [-0.1, -0.05) is 52.3 Å². The van der Waals surface area contributed by atoms with Crippen molar-refractivity contribution >= 4 is 27.5 Å². The Bertz CT molecular complexity index is 1250. The Hall–Kier alpha value is -3.34. The number of rotatable bonds is 6. The van der Waals surface area contributed by atoms with Crippen molar-refractivity contribution in [2.24, 2.45) is 0 Å². The summed E-state index contributed by atoms with van der Waals surface area (Å²) in [4.78, 5) is 10.7. The van der Waals surface area contributed by atoms with E-state index in [1.807, 2.05) is 48.5 Å². The van der Waals surface area contributed by atoms with Crippen molar-refractivity contribution < 1.29 is 18.8 Å². The van der Waals surface area contributed by atoms with Crippen molar-refractivity contribution in [2.75, 3.05) is 14.2 Å². The monoisotopic (exact) mass is 526 g/mol. The molecule has 10 heteroatoms. The largest absolute Gasteiger partial charge is 0.493 e. The van der Waals surface area contributed by atoms with Crippen LogP contribution in [0.3, 0.4) is 0 Å². The van der Waals surface area contributed by atoms with Crippen LogP contribution in [0.25, 0.3) is 5.70 Å². The van der Waals surface area contributed by atoms with Gasteiger partial charge in [0.2, 0.25) is 0 Å². The first-order valence-corrected chi connectivity index (χ1v) is 11.5. The second-order valence-corrected chi connectivity index (χ2v) is 8.88. The highest BCUT2D eigenvalue weighted by atomic mass is 79.9. The minimum Gasteiger partial charge on any atom is -0.493 e. The summed E-state index contributed by atoms with van der Waals surface area (Å²) < 4.78 is 17.5. The average Bonchev–Trinajstić information content (AvgIpc) is 3.49. The van der Waals surface area contributed by atoms with E-state index in [2.05, 4.69) is 31.7 Å². The molecule has 0 spiro atoms. The molecule has 0 aliphatic carbocycles. The lowest BCUT2D eigenvalue weighted by Gasteiger charge is -2.42. The van der Waals surface area contributed by atoms with Crippen molar-refractivity contribution in [3.05, 3.63) is 92.1 Å². The molecule has 5 rings (SSSR count). The first-order valence-electron chi connectivity index (χ1n) is 10.7. The summed E-state index contributed by atoms with van der Waals surface area (Å²) in [6.07, 6.45) is 0.377. The van der Waals surface area contributed by atoms with Crippen molar-refractivity contribution in [3.8, 4) is 11.5 Å². The van der Waals surface area contributed by atoms with Crippen molar-refractivity contribution in [1.29, 1.82) is 0 Å².